The van der Waals surface area contributed by atoms with E-state index in [0.717, 1.165) is 38.3 Å². The zero-order valence-corrected chi connectivity index (χ0v) is 25.2. The Morgan fingerprint density at radius 2 is 1.69 bits per heavy atom. The van der Waals surface area contributed by atoms with Crippen molar-refractivity contribution in [1.29, 1.82) is 0 Å². The molecule has 0 saturated carbocycles. The van der Waals surface area contributed by atoms with Crippen LogP contribution < -0.4 is 16.0 Å². The molecule has 0 unspecified atom stereocenters. The molecule has 0 radical (unpaired) electrons. The molecule has 0 aliphatic carbocycles. The molecule has 1 saturated heterocycles. The van der Waals surface area contributed by atoms with E-state index >= 15 is 0 Å². The molecule has 1 aromatic carbocycles. The SMILES string of the molecule is CN1CCN(CCN(Cc2ccc(C(=O)Nc3ccccc3NC(=O)OC(C)(C)C)nc2)C(=O)Nc2nccs2)CC1. The number of likely N-dealkylation sites (N-methyl/N-ethyl adjacent to an activating group) is 1. The summed E-state index contributed by atoms with van der Waals surface area (Å²) in [5, 5.41) is 10.7. The largest absolute Gasteiger partial charge is 0.444 e. The fourth-order valence-corrected chi connectivity index (χ4v) is 4.73. The summed E-state index contributed by atoms with van der Waals surface area (Å²) in [7, 11) is 2.11. The summed E-state index contributed by atoms with van der Waals surface area (Å²) >= 11 is 1.36. The number of aromatic nitrogens is 2. The number of pyridine rings is 1. The summed E-state index contributed by atoms with van der Waals surface area (Å²) in [5.41, 5.74) is 1.13. The van der Waals surface area contributed by atoms with E-state index in [1.54, 1.807) is 74.5 Å². The number of para-hydroxylation sites is 2. The summed E-state index contributed by atoms with van der Waals surface area (Å²) < 4.78 is 5.32. The van der Waals surface area contributed by atoms with Crippen LogP contribution in [0.3, 0.4) is 0 Å². The first-order valence-electron chi connectivity index (χ1n) is 13.8. The Balaban J connectivity index is 1.39. The second-order valence-corrected chi connectivity index (χ2v) is 11.9. The van der Waals surface area contributed by atoms with Crippen molar-refractivity contribution >= 4 is 45.9 Å². The number of nitrogens with zero attached hydrogens (tertiary/aromatic N) is 5. The molecule has 1 aliphatic rings. The molecule has 3 heterocycles. The number of amides is 4. The van der Waals surface area contributed by atoms with Crippen molar-refractivity contribution < 1.29 is 19.1 Å². The van der Waals surface area contributed by atoms with Gasteiger partial charge in [0.1, 0.15) is 11.3 Å². The summed E-state index contributed by atoms with van der Waals surface area (Å²) in [6.45, 7) is 10.8. The summed E-state index contributed by atoms with van der Waals surface area (Å²) in [6.07, 6.45) is 2.62. The fraction of sp³-hybridized carbons (Fsp3) is 0.414. The lowest BCUT2D eigenvalue weighted by Crippen LogP contribution is -2.48. The second-order valence-electron chi connectivity index (χ2n) is 11.0. The quantitative estimate of drug-likeness (QED) is 0.332. The van der Waals surface area contributed by atoms with Gasteiger partial charge >= 0.3 is 12.1 Å². The normalized spacial score (nSPS) is 14.2. The van der Waals surface area contributed by atoms with Crippen molar-refractivity contribution in [1.82, 2.24) is 24.7 Å². The zero-order valence-electron chi connectivity index (χ0n) is 24.4. The Bertz CT molecular complexity index is 1340. The molecule has 13 heteroatoms. The third-order valence-electron chi connectivity index (χ3n) is 6.46. The number of piperazine rings is 1. The average Bonchev–Trinajstić information content (AvgIpc) is 3.45. The molecule has 12 nitrogen and oxygen atoms in total. The molecule has 4 rings (SSSR count). The highest BCUT2D eigenvalue weighted by molar-refractivity contribution is 7.13. The number of benzene rings is 1. The van der Waals surface area contributed by atoms with Gasteiger partial charge in [-0.05, 0) is 51.6 Å². The molecular formula is C29H38N8O4S. The molecule has 224 valence electrons. The van der Waals surface area contributed by atoms with Crippen LogP contribution in [0.5, 0.6) is 0 Å². The molecule has 0 bridgehead atoms. The number of hydrogen-bond donors (Lipinski definition) is 3. The number of thiazole rings is 1. The number of urea groups is 1. The van der Waals surface area contributed by atoms with E-state index in [9.17, 15) is 14.4 Å². The van der Waals surface area contributed by atoms with Crippen molar-refractivity contribution in [3.8, 4) is 0 Å². The van der Waals surface area contributed by atoms with Crippen LogP contribution >= 0.6 is 11.3 Å². The predicted octanol–water partition coefficient (Wildman–Crippen LogP) is 4.42. The highest BCUT2D eigenvalue weighted by atomic mass is 32.1. The minimum absolute atomic E-state index is 0.196. The monoisotopic (exact) mass is 594 g/mol. The van der Waals surface area contributed by atoms with Gasteiger partial charge in [0.25, 0.3) is 5.91 Å². The zero-order chi connectivity index (χ0) is 30.1. The molecule has 4 amide bonds. The minimum atomic E-state index is -0.657. The minimum Gasteiger partial charge on any atom is -0.444 e. The van der Waals surface area contributed by atoms with Gasteiger partial charge in [-0.2, -0.15) is 0 Å². The van der Waals surface area contributed by atoms with Crippen molar-refractivity contribution in [2.45, 2.75) is 32.9 Å². The number of ether oxygens (including phenoxy) is 1. The van der Waals surface area contributed by atoms with Crippen LogP contribution in [-0.2, 0) is 11.3 Å². The maximum Gasteiger partial charge on any atom is 0.412 e. The van der Waals surface area contributed by atoms with Gasteiger partial charge in [0.15, 0.2) is 5.13 Å². The maximum absolute atomic E-state index is 13.1. The number of carbonyl (C=O) groups is 3. The molecule has 2 aromatic heterocycles. The predicted molar refractivity (Wildman–Crippen MR) is 164 cm³/mol. The van der Waals surface area contributed by atoms with E-state index in [-0.39, 0.29) is 11.7 Å². The highest BCUT2D eigenvalue weighted by Gasteiger charge is 2.21. The van der Waals surface area contributed by atoms with Crippen LogP contribution in [-0.4, -0.2) is 94.6 Å². The van der Waals surface area contributed by atoms with E-state index in [1.807, 2.05) is 5.38 Å². The van der Waals surface area contributed by atoms with E-state index < -0.39 is 17.6 Å². The first-order chi connectivity index (χ1) is 20.1. The van der Waals surface area contributed by atoms with Crippen LogP contribution in [0, 0.1) is 0 Å². The molecule has 3 aromatic rings. The van der Waals surface area contributed by atoms with Gasteiger partial charge in [-0.15, -0.1) is 11.3 Å². The van der Waals surface area contributed by atoms with Gasteiger partial charge in [-0.3, -0.25) is 25.3 Å². The molecule has 0 atom stereocenters. The molecule has 3 N–H and O–H groups in total. The fourth-order valence-electron chi connectivity index (χ4n) is 4.22. The lowest BCUT2D eigenvalue weighted by atomic mass is 10.2. The molecule has 1 fully saturated rings. The Morgan fingerprint density at radius 3 is 2.31 bits per heavy atom. The van der Waals surface area contributed by atoms with Crippen molar-refractivity contribution in [2.24, 2.45) is 0 Å². The van der Waals surface area contributed by atoms with Gasteiger partial charge in [0, 0.05) is 63.6 Å². The third kappa shape index (κ3) is 9.50. The van der Waals surface area contributed by atoms with Gasteiger partial charge in [0.2, 0.25) is 0 Å². The van der Waals surface area contributed by atoms with Crippen LogP contribution in [0.15, 0.2) is 54.2 Å². The first-order valence-corrected chi connectivity index (χ1v) is 14.7. The van der Waals surface area contributed by atoms with Gasteiger partial charge in [-0.25, -0.2) is 14.6 Å². The number of rotatable bonds is 9. The lowest BCUT2D eigenvalue weighted by molar-refractivity contribution is 0.0635. The third-order valence-corrected chi connectivity index (χ3v) is 7.15. The summed E-state index contributed by atoms with van der Waals surface area (Å²) in [6, 6.07) is 10.0. The summed E-state index contributed by atoms with van der Waals surface area (Å²) in [5.74, 6) is -0.437. The number of hydrogen-bond acceptors (Lipinski definition) is 9. The number of nitrogens with one attached hydrogen (secondary N) is 3. The second kappa shape index (κ2) is 14.2. The Labute approximate surface area is 250 Å². The van der Waals surface area contributed by atoms with Gasteiger partial charge < -0.3 is 19.9 Å². The van der Waals surface area contributed by atoms with Gasteiger partial charge in [-0.1, -0.05) is 18.2 Å². The maximum atomic E-state index is 13.1. The van der Waals surface area contributed by atoms with Crippen LogP contribution in [0.2, 0.25) is 0 Å². The summed E-state index contributed by atoms with van der Waals surface area (Å²) in [4.78, 5) is 53.3. The molecule has 1 aliphatic heterocycles. The molecular weight excluding hydrogens is 556 g/mol. The van der Waals surface area contributed by atoms with Crippen molar-refractivity contribution in [3.63, 3.8) is 0 Å². The Hall–Kier alpha value is -4.07. The Kier molecular flexibility index (Phi) is 10.4. The van der Waals surface area contributed by atoms with Crippen LogP contribution in [0.1, 0.15) is 36.8 Å². The van der Waals surface area contributed by atoms with E-state index in [4.69, 9.17) is 4.74 Å². The van der Waals surface area contributed by atoms with Gasteiger partial charge in [0.05, 0.1) is 11.4 Å². The molecule has 0 spiro atoms. The number of carbonyl (C=O) groups excluding carboxylic acids is 3. The Morgan fingerprint density at radius 1 is 0.976 bits per heavy atom. The average molecular weight is 595 g/mol. The van der Waals surface area contributed by atoms with Crippen molar-refractivity contribution in [3.05, 3.63) is 65.4 Å². The lowest BCUT2D eigenvalue weighted by Gasteiger charge is -2.34. The van der Waals surface area contributed by atoms with Crippen LogP contribution in [0.4, 0.5) is 26.1 Å². The van der Waals surface area contributed by atoms with Crippen molar-refractivity contribution in [2.75, 3.05) is 62.3 Å². The highest BCUT2D eigenvalue weighted by Crippen LogP contribution is 2.23. The first kappa shape index (κ1) is 30.9. The number of anilines is 3. The topological polar surface area (TPSA) is 132 Å². The van der Waals surface area contributed by atoms with E-state index in [1.165, 1.54) is 11.3 Å². The smallest absolute Gasteiger partial charge is 0.412 e. The van der Waals surface area contributed by atoms with E-state index in [2.05, 4.69) is 42.8 Å². The van der Waals surface area contributed by atoms with E-state index in [0.29, 0.717) is 29.6 Å². The van der Waals surface area contributed by atoms with Crippen LogP contribution in [0.25, 0.3) is 0 Å². The molecule has 42 heavy (non-hydrogen) atoms. The standard InChI is InChI=1S/C29H38N8O4S/c1-29(2,3)41-28(40)33-23-8-6-5-7-22(23)32-25(38)24-10-9-21(19-31-24)20-37(27(39)34-26-30-11-18-42-26)17-16-36-14-12-35(4)13-15-36/h5-11,18-19H,12-17,20H2,1-4H3,(H,32,38)(H,33,40)(H,30,34,39).